The van der Waals surface area contributed by atoms with E-state index >= 15 is 0 Å². The van der Waals surface area contributed by atoms with Crippen LogP contribution >= 0.6 is 0 Å². The molecular formula is C17H21FO2. The molecule has 1 N–H and O–H groups in total. The molecule has 1 heterocycles. The second-order valence-electron chi connectivity index (χ2n) is 5.98. The van der Waals surface area contributed by atoms with Gasteiger partial charge in [-0.15, -0.1) is 0 Å². The third kappa shape index (κ3) is 2.59. The molecule has 2 aromatic rings. The van der Waals surface area contributed by atoms with Gasteiger partial charge in [0.1, 0.15) is 23.3 Å². The third-order valence-corrected chi connectivity index (χ3v) is 4.64. The van der Waals surface area contributed by atoms with Gasteiger partial charge >= 0.3 is 0 Å². The molecule has 0 spiro atoms. The number of furan rings is 1. The van der Waals surface area contributed by atoms with Crippen LogP contribution in [-0.4, -0.2) is 5.11 Å². The minimum atomic E-state index is -0.570. The van der Waals surface area contributed by atoms with Crippen molar-refractivity contribution in [3.8, 4) is 0 Å². The molecule has 2 nitrogen and oxygen atoms in total. The van der Waals surface area contributed by atoms with E-state index in [9.17, 15) is 9.50 Å². The fourth-order valence-electron chi connectivity index (χ4n) is 3.40. The average molecular weight is 276 g/mol. The number of aliphatic hydroxyl groups excluding tert-OH is 1. The van der Waals surface area contributed by atoms with Crippen molar-refractivity contribution in [2.24, 2.45) is 11.8 Å². The summed E-state index contributed by atoms with van der Waals surface area (Å²) < 4.78 is 18.9. The van der Waals surface area contributed by atoms with E-state index in [1.165, 1.54) is 31.4 Å². The molecule has 1 aromatic carbocycles. The molecule has 3 heteroatoms. The number of fused-ring (bicyclic) bond motifs is 1. The smallest absolute Gasteiger partial charge is 0.134 e. The maximum absolute atomic E-state index is 13.2. The van der Waals surface area contributed by atoms with E-state index < -0.39 is 6.10 Å². The fraction of sp³-hybridized carbons (Fsp3) is 0.529. The van der Waals surface area contributed by atoms with Crippen molar-refractivity contribution >= 4 is 11.0 Å². The first-order chi connectivity index (χ1) is 9.67. The zero-order valence-corrected chi connectivity index (χ0v) is 11.8. The third-order valence-electron chi connectivity index (χ3n) is 4.64. The zero-order valence-electron chi connectivity index (χ0n) is 11.8. The van der Waals surface area contributed by atoms with Crippen LogP contribution in [0.2, 0.25) is 0 Å². The van der Waals surface area contributed by atoms with Gasteiger partial charge < -0.3 is 9.52 Å². The summed E-state index contributed by atoms with van der Waals surface area (Å²) >= 11 is 0. The second-order valence-corrected chi connectivity index (χ2v) is 5.98. The number of rotatable bonds is 3. The molecule has 1 saturated carbocycles. The summed E-state index contributed by atoms with van der Waals surface area (Å²) in [5.74, 6) is 1.28. The van der Waals surface area contributed by atoms with Gasteiger partial charge in [0.05, 0.1) is 0 Å². The Morgan fingerprint density at radius 2 is 2.20 bits per heavy atom. The molecule has 0 amide bonds. The lowest BCUT2D eigenvalue weighted by atomic mass is 9.77. The fourth-order valence-corrected chi connectivity index (χ4v) is 3.40. The number of hydrogen-bond donors (Lipinski definition) is 1. The molecule has 1 aromatic heterocycles. The Labute approximate surface area is 118 Å². The van der Waals surface area contributed by atoms with Gasteiger partial charge in [-0.3, -0.25) is 0 Å². The number of halogens is 1. The summed E-state index contributed by atoms with van der Waals surface area (Å²) in [6.45, 7) is 2.21. The van der Waals surface area contributed by atoms with E-state index in [1.807, 2.05) is 0 Å². The summed E-state index contributed by atoms with van der Waals surface area (Å²) in [7, 11) is 0. The summed E-state index contributed by atoms with van der Waals surface area (Å²) in [5.41, 5.74) is 0.642. The van der Waals surface area contributed by atoms with Crippen LogP contribution in [0.25, 0.3) is 11.0 Å². The summed E-state index contributed by atoms with van der Waals surface area (Å²) in [6, 6.07) is 6.23. The van der Waals surface area contributed by atoms with E-state index in [1.54, 1.807) is 12.1 Å². The molecule has 3 atom stereocenters. The van der Waals surface area contributed by atoms with E-state index in [0.717, 1.165) is 18.2 Å². The van der Waals surface area contributed by atoms with Crippen molar-refractivity contribution in [1.82, 2.24) is 0 Å². The average Bonchev–Trinajstić information content (AvgIpc) is 2.89. The molecule has 3 unspecified atom stereocenters. The van der Waals surface area contributed by atoms with Gasteiger partial charge in [0.2, 0.25) is 0 Å². The Hall–Kier alpha value is -1.35. The molecular weight excluding hydrogens is 255 g/mol. The largest absolute Gasteiger partial charge is 0.458 e. The SMILES string of the molecule is CCC1CCCC(C(O)c2cc3cc(F)ccc3o2)C1. The van der Waals surface area contributed by atoms with Crippen LogP contribution in [0.3, 0.4) is 0 Å². The highest BCUT2D eigenvalue weighted by Gasteiger charge is 2.29. The minimum absolute atomic E-state index is 0.263. The first-order valence-corrected chi connectivity index (χ1v) is 7.54. The van der Waals surface area contributed by atoms with Crippen LogP contribution in [0.1, 0.15) is 50.9 Å². The zero-order chi connectivity index (χ0) is 14.1. The lowest BCUT2D eigenvalue weighted by molar-refractivity contribution is 0.0520. The molecule has 1 aliphatic rings. The van der Waals surface area contributed by atoms with Crippen molar-refractivity contribution < 1.29 is 13.9 Å². The normalized spacial score (nSPS) is 24.9. The van der Waals surface area contributed by atoms with Crippen LogP contribution in [0.5, 0.6) is 0 Å². The minimum Gasteiger partial charge on any atom is -0.458 e. The molecule has 0 radical (unpaired) electrons. The Morgan fingerprint density at radius 1 is 1.35 bits per heavy atom. The molecule has 20 heavy (non-hydrogen) atoms. The predicted octanol–water partition coefficient (Wildman–Crippen LogP) is 4.82. The Balaban J connectivity index is 1.82. The van der Waals surface area contributed by atoms with Gasteiger partial charge in [-0.05, 0) is 48.9 Å². The highest BCUT2D eigenvalue weighted by Crippen LogP contribution is 2.39. The maximum atomic E-state index is 13.2. The first-order valence-electron chi connectivity index (χ1n) is 7.54. The van der Waals surface area contributed by atoms with Crippen LogP contribution in [0.4, 0.5) is 4.39 Å². The number of hydrogen-bond acceptors (Lipinski definition) is 2. The van der Waals surface area contributed by atoms with Crippen molar-refractivity contribution in [3.63, 3.8) is 0 Å². The highest BCUT2D eigenvalue weighted by atomic mass is 19.1. The van der Waals surface area contributed by atoms with Crippen molar-refractivity contribution in [2.45, 2.75) is 45.1 Å². The number of aliphatic hydroxyl groups is 1. The van der Waals surface area contributed by atoms with Crippen LogP contribution in [0.15, 0.2) is 28.7 Å². The number of benzene rings is 1. The van der Waals surface area contributed by atoms with Crippen molar-refractivity contribution in [2.75, 3.05) is 0 Å². The van der Waals surface area contributed by atoms with Crippen LogP contribution in [-0.2, 0) is 0 Å². The van der Waals surface area contributed by atoms with E-state index in [-0.39, 0.29) is 11.7 Å². The van der Waals surface area contributed by atoms with Crippen LogP contribution in [0, 0.1) is 17.7 Å². The monoisotopic (exact) mass is 276 g/mol. The van der Waals surface area contributed by atoms with Gasteiger partial charge in [-0.25, -0.2) is 4.39 Å². The quantitative estimate of drug-likeness (QED) is 0.871. The summed E-state index contributed by atoms with van der Waals surface area (Å²) in [5, 5.41) is 11.3. The standard InChI is InChI=1S/C17H21FO2/c1-2-11-4-3-5-12(8-11)17(19)16-10-13-9-14(18)6-7-15(13)20-16/h6-7,9-12,17,19H,2-5,8H2,1H3. The molecule has 0 aliphatic heterocycles. The van der Waals surface area contributed by atoms with E-state index in [0.29, 0.717) is 17.3 Å². The second kappa shape index (κ2) is 5.57. The van der Waals surface area contributed by atoms with Gasteiger partial charge in [0.25, 0.3) is 0 Å². The van der Waals surface area contributed by atoms with Crippen LogP contribution < -0.4 is 0 Å². The van der Waals surface area contributed by atoms with Gasteiger partial charge in [-0.1, -0.05) is 26.2 Å². The summed E-state index contributed by atoms with van der Waals surface area (Å²) in [4.78, 5) is 0. The lowest BCUT2D eigenvalue weighted by Gasteiger charge is -2.30. The Bertz CT molecular complexity index is 590. The van der Waals surface area contributed by atoms with Crippen molar-refractivity contribution in [1.29, 1.82) is 0 Å². The first kappa shape index (κ1) is 13.6. The summed E-state index contributed by atoms with van der Waals surface area (Å²) in [6.07, 6.45) is 5.15. The van der Waals surface area contributed by atoms with E-state index in [2.05, 4.69) is 6.92 Å². The molecule has 0 bridgehead atoms. The van der Waals surface area contributed by atoms with Gasteiger partial charge in [0, 0.05) is 5.39 Å². The molecule has 0 saturated heterocycles. The molecule has 1 fully saturated rings. The van der Waals surface area contributed by atoms with Gasteiger partial charge in [0.15, 0.2) is 0 Å². The van der Waals surface area contributed by atoms with Crippen molar-refractivity contribution in [3.05, 3.63) is 35.8 Å². The van der Waals surface area contributed by atoms with E-state index in [4.69, 9.17) is 4.42 Å². The maximum Gasteiger partial charge on any atom is 0.134 e. The highest BCUT2D eigenvalue weighted by molar-refractivity contribution is 5.77. The Morgan fingerprint density at radius 3 is 3.00 bits per heavy atom. The topological polar surface area (TPSA) is 33.4 Å². The predicted molar refractivity (Wildman–Crippen MR) is 76.9 cm³/mol. The molecule has 108 valence electrons. The Kier molecular flexibility index (Phi) is 3.79. The lowest BCUT2D eigenvalue weighted by Crippen LogP contribution is -2.21. The molecule has 1 aliphatic carbocycles. The van der Waals surface area contributed by atoms with Gasteiger partial charge in [-0.2, -0.15) is 0 Å². The molecule has 3 rings (SSSR count).